The van der Waals surface area contributed by atoms with Crippen LogP contribution in [0.1, 0.15) is 59.3 Å². The molecule has 2 atom stereocenters. The van der Waals surface area contributed by atoms with Crippen molar-refractivity contribution in [2.45, 2.75) is 89.3 Å². The molecule has 0 aromatic heterocycles. The summed E-state index contributed by atoms with van der Waals surface area (Å²) in [6.07, 6.45) is 11.0. The lowest BCUT2D eigenvalue weighted by Crippen LogP contribution is -2.54. The van der Waals surface area contributed by atoms with Gasteiger partial charge in [-0.25, -0.2) is 0 Å². The zero-order valence-corrected chi connectivity index (χ0v) is 17.8. The van der Waals surface area contributed by atoms with Gasteiger partial charge >= 0.3 is 0 Å². The average Bonchev–Trinajstić information content (AvgIpc) is 2.96. The summed E-state index contributed by atoms with van der Waals surface area (Å²) >= 11 is 0. The molecule has 1 saturated heterocycles. The van der Waals surface area contributed by atoms with Crippen LogP contribution in [-0.2, 0) is 13.9 Å². The second kappa shape index (κ2) is 6.63. The fourth-order valence-corrected chi connectivity index (χ4v) is 5.94. The molecule has 1 spiro atoms. The number of allylic oxidation sites excluding steroid dienone is 2. The summed E-state index contributed by atoms with van der Waals surface area (Å²) in [7, 11) is -1.81. The van der Waals surface area contributed by atoms with Crippen molar-refractivity contribution < 1.29 is 13.9 Å². The Balaban J connectivity index is 1.88. The molecular weight excluding hydrogens is 328 g/mol. The molecule has 1 heterocycles. The van der Waals surface area contributed by atoms with Crippen LogP contribution in [0, 0.1) is 5.41 Å². The van der Waals surface area contributed by atoms with Crippen LogP contribution in [0.5, 0.6) is 0 Å². The summed E-state index contributed by atoms with van der Waals surface area (Å²) in [5, 5.41) is 0.233. The maximum absolute atomic E-state index is 6.99. The minimum absolute atomic E-state index is 0.0933. The fourth-order valence-electron chi connectivity index (χ4n) is 4.53. The van der Waals surface area contributed by atoms with Crippen molar-refractivity contribution in [1.29, 1.82) is 0 Å². The molecule has 1 saturated carbocycles. The zero-order chi connectivity index (χ0) is 18.3. The van der Waals surface area contributed by atoms with Crippen molar-refractivity contribution >= 4 is 8.32 Å². The van der Waals surface area contributed by atoms with E-state index in [4.69, 9.17) is 13.9 Å². The van der Waals surface area contributed by atoms with E-state index in [1.807, 2.05) is 0 Å². The van der Waals surface area contributed by atoms with Crippen molar-refractivity contribution in [1.82, 2.24) is 0 Å². The average molecular weight is 365 g/mol. The molecule has 3 nitrogen and oxygen atoms in total. The number of rotatable bonds is 4. The molecule has 0 aromatic carbocycles. The van der Waals surface area contributed by atoms with E-state index in [9.17, 15) is 0 Å². The standard InChI is InChI=1S/C21H36O3Si/c1-7-11-20-12-13-21(22-14-15-23-21)16-17(20)9-8-10-18(20)24-25(5,6)19(2,3)4/h7,9,18H,1,8,10-16H2,2-6H3/t18-,20-/m1/s1. The highest BCUT2D eigenvalue weighted by Crippen LogP contribution is 2.56. The first-order valence-electron chi connectivity index (χ1n) is 9.90. The lowest BCUT2D eigenvalue weighted by atomic mass is 9.60. The Morgan fingerprint density at radius 3 is 2.56 bits per heavy atom. The van der Waals surface area contributed by atoms with Gasteiger partial charge in [0.1, 0.15) is 0 Å². The lowest BCUT2D eigenvalue weighted by molar-refractivity contribution is -0.184. The summed E-state index contributed by atoms with van der Waals surface area (Å²) in [5.74, 6) is -0.366. The molecule has 0 bridgehead atoms. The first-order valence-corrected chi connectivity index (χ1v) is 12.8. The summed E-state index contributed by atoms with van der Waals surface area (Å²) in [4.78, 5) is 0. The molecule has 0 unspecified atom stereocenters. The molecule has 0 amide bonds. The molecule has 0 aromatic rings. The van der Waals surface area contributed by atoms with Gasteiger partial charge in [0.05, 0.1) is 19.3 Å². The van der Waals surface area contributed by atoms with Crippen LogP contribution in [0.3, 0.4) is 0 Å². The van der Waals surface area contributed by atoms with E-state index >= 15 is 0 Å². The third-order valence-electron chi connectivity index (χ3n) is 7.05. The number of fused-ring (bicyclic) bond motifs is 1. The highest BCUT2D eigenvalue weighted by atomic mass is 28.4. The van der Waals surface area contributed by atoms with Crippen LogP contribution in [0.2, 0.25) is 18.1 Å². The number of hydrogen-bond donors (Lipinski definition) is 0. The van der Waals surface area contributed by atoms with Gasteiger partial charge in [-0.3, -0.25) is 0 Å². The third kappa shape index (κ3) is 3.43. The predicted molar refractivity (Wildman–Crippen MR) is 105 cm³/mol. The van der Waals surface area contributed by atoms with Gasteiger partial charge < -0.3 is 13.9 Å². The van der Waals surface area contributed by atoms with Crippen LogP contribution >= 0.6 is 0 Å². The second-order valence-corrected chi connectivity index (χ2v) is 14.4. The van der Waals surface area contributed by atoms with Gasteiger partial charge in [-0.1, -0.05) is 38.5 Å². The molecule has 3 rings (SSSR count). The third-order valence-corrected chi connectivity index (χ3v) is 11.5. The van der Waals surface area contributed by atoms with E-state index in [1.165, 1.54) is 5.57 Å². The van der Waals surface area contributed by atoms with Crippen molar-refractivity contribution in [3.63, 3.8) is 0 Å². The molecule has 0 N–H and O–H groups in total. The Bertz CT molecular complexity index is 540. The topological polar surface area (TPSA) is 27.7 Å². The summed E-state index contributed by atoms with van der Waals surface area (Å²) < 4.78 is 19.0. The van der Waals surface area contributed by atoms with Crippen LogP contribution < -0.4 is 0 Å². The maximum Gasteiger partial charge on any atom is 0.192 e. The Labute approximate surface area is 154 Å². The van der Waals surface area contributed by atoms with Crippen molar-refractivity contribution in [2.24, 2.45) is 5.41 Å². The molecule has 2 aliphatic carbocycles. The fraction of sp³-hybridized carbons (Fsp3) is 0.810. The Morgan fingerprint density at radius 1 is 1.28 bits per heavy atom. The number of ether oxygens (including phenoxy) is 2. The molecule has 25 heavy (non-hydrogen) atoms. The molecule has 142 valence electrons. The maximum atomic E-state index is 6.99. The van der Waals surface area contributed by atoms with Crippen LogP contribution in [0.25, 0.3) is 0 Å². The molecular formula is C21H36O3Si. The molecule has 0 radical (unpaired) electrons. The first kappa shape index (κ1) is 19.3. The Hall–Kier alpha value is -0.423. The Morgan fingerprint density at radius 2 is 1.96 bits per heavy atom. The quantitative estimate of drug-likeness (QED) is 0.481. The van der Waals surface area contributed by atoms with Crippen molar-refractivity contribution in [2.75, 3.05) is 13.2 Å². The van der Waals surface area contributed by atoms with Gasteiger partial charge in [0.25, 0.3) is 0 Å². The van der Waals surface area contributed by atoms with Gasteiger partial charge in [0.2, 0.25) is 0 Å². The van der Waals surface area contributed by atoms with E-state index in [1.54, 1.807) is 0 Å². The SMILES string of the molecule is C=CC[C@@]12CCC3(CC1=CCC[C@H]2O[Si](C)(C)C(C)(C)C)OCCO3. The van der Waals surface area contributed by atoms with Crippen LogP contribution in [0.15, 0.2) is 24.3 Å². The largest absolute Gasteiger partial charge is 0.413 e. The van der Waals surface area contributed by atoms with Gasteiger partial charge in [-0.05, 0) is 43.8 Å². The highest BCUT2D eigenvalue weighted by Gasteiger charge is 2.54. The van der Waals surface area contributed by atoms with E-state index in [0.29, 0.717) is 6.10 Å². The monoisotopic (exact) mass is 364 g/mol. The van der Waals surface area contributed by atoms with Crippen LogP contribution in [0.4, 0.5) is 0 Å². The van der Waals surface area contributed by atoms with Gasteiger partial charge in [0.15, 0.2) is 14.1 Å². The van der Waals surface area contributed by atoms with E-state index in [2.05, 4.69) is 52.6 Å². The number of hydrogen-bond acceptors (Lipinski definition) is 3. The predicted octanol–water partition coefficient (Wildman–Crippen LogP) is 5.59. The minimum Gasteiger partial charge on any atom is -0.413 e. The van der Waals surface area contributed by atoms with Crippen molar-refractivity contribution in [3.8, 4) is 0 Å². The molecule has 2 fully saturated rings. The Kier molecular flexibility index (Phi) is 5.13. The smallest absolute Gasteiger partial charge is 0.192 e. The van der Waals surface area contributed by atoms with Gasteiger partial charge in [-0.2, -0.15) is 0 Å². The zero-order valence-electron chi connectivity index (χ0n) is 16.8. The summed E-state index contributed by atoms with van der Waals surface area (Å²) in [6.45, 7) is 17.3. The lowest BCUT2D eigenvalue weighted by Gasteiger charge is -2.54. The van der Waals surface area contributed by atoms with Crippen LogP contribution in [-0.4, -0.2) is 33.4 Å². The van der Waals surface area contributed by atoms with Gasteiger partial charge in [0, 0.05) is 18.3 Å². The van der Waals surface area contributed by atoms with Gasteiger partial charge in [-0.15, -0.1) is 6.58 Å². The minimum atomic E-state index is -1.81. The van der Waals surface area contributed by atoms with E-state index in [-0.39, 0.29) is 16.2 Å². The molecule has 1 aliphatic heterocycles. The highest BCUT2D eigenvalue weighted by molar-refractivity contribution is 6.74. The summed E-state index contributed by atoms with van der Waals surface area (Å²) in [6, 6.07) is 0. The molecule has 4 heteroatoms. The normalized spacial score (nSPS) is 32.4. The van der Waals surface area contributed by atoms with Crippen molar-refractivity contribution in [3.05, 3.63) is 24.3 Å². The second-order valence-electron chi connectivity index (χ2n) is 9.61. The van der Waals surface area contributed by atoms with E-state index < -0.39 is 8.32 Å². The molecule has 3 aliphatic rings. The summed E-state index contributed by atoms with van der Waals surface area (Å²) in [5.41, 5.74) is 1.59. The first-order chi connectivity index (χ1) is 11.6. The van der Waals surface area contributed by atoms with E-state index in [0.717, 1.165) is 51.7 Å².